The van der Waals surface area contributed by atoms with Crippen molar-refractivity contribution >= 4 is 33.8 Å². The molecule has 0 saturated carbocycles. The first kappa shape index (κ1) is 20.3. The van der Waals surface area contributed by atoms with Crippen LogP contribution < -0.4 is 10.1 Å². The molecule has 5 rings (SSSR count). The fourth-order valence-electron chi connectivity index (χ4n) is 4.75. The smallest absolute Gasteiger partial charge is 0.261 e. The van der Waals surface area contributed by atoms with Crippen molar-refractivity contribution in [1.29, 1.82) is 0 Å². The zero-order chi connectivity index (χ0) is 22.2. The predicted octanol–water partition coefficient (Wildman–Crippen LogP) is 5.22. The van der Waals surface area contributed by atoms with Crippen LogP contribution in [-0.4, -0.2) is 36.9 Å². The highest BCUT2D eigenvalue weighted by atomic mass is 16.5. The minimum absolute atomic E-state index is 0.176. The molecule has 2 amide bonds. The van der Waals surface area contributed by atoms with Crippen LogP contribution >= 0.6 is 0 Å². The Morgan fingerprint density at radius 3 is 2.59 bits per heavy atom. The quantitative estimate of drug-likeness (QED) is 0.433. The summed E-state index contributed by atoms with van der Waals surface area (Å²) in [5.74, 6) is 0.727. The second kappa shape index (κ2) is 8.15. The Bertz CT molecular complexity index is 1260. The molecule has 32 heavy (non-hydrogen) atoms. The number of rotatable bonds is 6. The Morgan fingerprint density at radius 2 is 1.81 bits per heavy atom. The second-order valence-electron chi connectivity index (χ2n) is 8.47. The molecule has 1 aliphatic heterocycles. The van der Waals surface area contributed by atoms with E-state index in [2.05, 4.69) is 30.4 Å². The summed E-state index contributed by atoms with van der Waals surface area (Å²) in [6.07, 6.45) is 3.46. The molecular formula is C27H26N2O3. The Kier molecular flexibility index (Phi) is 5.17. The van der Waals surface area contributed by atoms with E-state index >= 15 is 0 Å². The van der Waals surface area contributed by atoms with Gasteiger partial charge in [0.1, 0.15) is 5.75 Å². The topological polar surface area (TPSA) is 58.6 Å². The maximum Gasteiger partial charge on any atom is 0.261 e. The van der Waals surface area contributed by atoms with Gasteiger partial charge in [-0.1, -0.05) is 49.4 Å². The van der Waals surface area contributed by atoms with Gasteiger partial charge < -0.3 is 10.1 Å². The minimum Gasteiger partial charge on any atom is -0.495 e. The summed E-state index contributed by atoms with van der Waals surface area (Å²) in [6.45, 7) is 3.13. The lowest BCUT2D eigenvalue weighted by atomic mass is 9.79. The summed E-state index contributed by atoms with van der Waals surface area (Å²) in [5.41, 5.74) is 4.17. The number of hydrogen-bond acceptors (Lipinski definition) is 4. The van der Waals surface area contributed by atoms with Crippen LogP contribution in [0, 0.1) is 0 Å². The van der Waals surface area contributed by atoms with Crippen LogP contribution in [-0.2, 0) is 4.79 Å². The maximum absolute atomic E-state index is 13.1. The van der Waals surface area contributed by atoms with Crippen molar-refractivity contribution in [2.24, 2.45) is 0 Å². The first-order chi connectivity index (χ1) is 15.6. The van der Waals surface area contributed by atoms with Crippen LogP contribution in [0.3, 0.4) is 0 Å². The highest BCUT2D eigenvalue weighted by molar-refractivity contribution is 6.31. The first-order valence-electron chi connectivity index (χ1n) is 11.1. The van der Waals surface area contributed by atoms with E-state index in [-0.39, 0.29) is 11.8 Å². The number of nitrogens with zero attached hydrogens (tertiary/aromatic N) is 1. The largest absolute Gasteiger partial charge is 0.495 e. The zero-order valence-electron chi connectivity index (χ0n) is 18.4. The standard InChI is InChI=1S/C27H26N2O3/c1-17-11-12-22-25-20(17)9-5-10-21(25)26(30)29(27(22)31)14-6-13-28-23-15-18-7-3-4-8-19(18)16-24(23)32-2/h3-5,7-10,12,15-17,28H,6,11,13-14H2,1-2H3. The molecule has 0 spiro atoms. The van der Waals surface area contributed by atoms with Crippen LogP contribution in [0.1, 0.15) is 47.2 Å². The molecule has 1 N–H and O–H groups in total. The van der Waals surface area contributed by atoms with Crippen molar-refractivity contribution in [1.82, 2.24) is 4.90 Å². The van der Waals surface area contributed by atoms with Crippen LogP contribution in [0.4, 0.5) is 5.69 Å². The molecule has 1 heterocycles. The van der Waals surface area contributed by atoms with Crippen molar-refractivity contribution in [3.8, 4) is 5.75 Å². The van der Waals surface area contributed by atoms with Gasteiger partial charge in [-0.15, -0.1) is 0 Å². The highest BCUT2D eigenvalue weighted by Crippen LogP contribution is 2.40. The van der Waals surface area contributed by atoms with E-state index in [4.69, 9.17) is 4.74 Å². The van der Waals surface area contributed by atoms with Gasteiger partial charge in [0.05, 0.1) is 12.8 Å². The summed E-state index contributed by atoms with van der Waals surface area (Å²) in [6, 6.07) is 18.0. The fourth-order valence-corrected chi connectivity index (χ4v) is 4.75. The number of carbonyl (C=O) groups excluding carboxylic acids is 2. The summed E-state index contributed by atoms with van der Waals surface area (Å²) in [4.78, 5) is 27.6. The van der Waals surface area contributed by atoms with E-state index in [1.165, 1.54) is 4.90 Å². The van der Waals surface area contributed by atoms with Gasteiger partial charge in [-0.25, -0.2) is 0 Å². The Balaban J connectivity index is 1.30. The van der Waals surface area contributed by atoms with Crippen molar-refractivity contribution < 1.29 is 14.3 Å². The molecule has 5 nitrogen and oxygen atoms in total. The number of anilines is 1. The van der Waals surface area contributed by atoms with E-state index in [1.54, 1.807) is 7.11 Å². The Morgan fingerprint density at radius 1 is 1.03 bits per heavy atom. The lowest BCUT2D eigenvalue weighted by Gasteiger charge is -2.33. The number of allylic oxidation sites excluding steroid dienone is 1. The number of carbonyl (C=O) groups is 2. The van der Waals surface area contributed by atoms with E-state index in [9.17, 15) is 9.59 Å². The molecule has 1 aliphatic carbocycles. The number of imide groups is 1. The van der Waals surface area contributed by atoms with Gasteiger partial charge in [-0.2, -0.15) is 0 Å². The van der Waals surface area contributed by atoms with Gasteiger partial charge in [-0.3, -0.25) is 14.5 Å². The molecule has 3 aromatic rings. The van der Waals surface area contributed by atoms with Gasteiger partial charge >= 0.3 is 0 Å². The molecule has 162 valence electrons. The van der Waals surface area contributed by atoms with E-state index in [0.717, 1.165) is 39.8 Å². The number of nitrogens with one attached hydrogen (secondary N) is 1. The van der Waals surface area contributed by atoms with Crippen LogP contribution in [0.2, 0.25) is 0 Å². The maximum atomic E-state index is 13.1. The molecule has 5 heteroatoms. The average molecular weight is 427 g/mol. The van der Waals surface area contributed by atoms with E-state index < -0.39 is 0 Å². The van der Waals surface area contributed by atoms with Gasteiger partial charge in [0.2, 0.25) is 0 Å². The van der Waals surface area contributed by atoms with Crippen LogP contribution in [0.15, 0.2) is 60.7 Å². The predicted molar refractivity (Wildman–Crippen MR) is 127 cm³/mol. The number of amides is 2. The minimum atomic E-state index is -0.193. The van der Waals surface area contributed by atoms with E-state index in [1.807, 2.05) is 42.5 Å². The average Bonchev–Trinajstić information content (AvgIpc) is 2.82. The van der Waals surface area contributed by atoms with Crippen molar-refractivity contribution in [3.05, 3.63) is 77.4 Å². The van der Waals surface area contributed by atoms with Crippen LogP contribution in [0.5, 0.6) is 5.75 Å². The second-order valence-corrected chi connectivity index (χ2v) is 8.47. The molecule has 2 aliphatic rings. The first-order valence-corrected chi connectivity index (χ1v) is 11.1. The lowest BCUT2D eigenvalue weighted by molar-refractivity contribution is -0.122. The molecule has 1 atom stereocenters. The Hall–Kier alpha value is -3.60. The molecule has 0 bridgehead atoms. The molecule has 0 aromatic heterocycles. The summed E-state index contributed by atoms with van der Waals surface area (Å²) >= 11 is 0. The fraction of sp³-hybridized carbons (Fsp3) is 0.259. The third-order valence-corrected chi connectivity index (χ3v) is 6.47. The SMILES string of the molecule is COc1cc2ccccc2cc1NCCCN1C(=O)C2=CCC(C)c3cccc(c32)C1=O. The van der Waals surface area contributed by atoms with Gasteiger partial charge in [-0.05, 0) is 53.3 Å². The molecular weight excluding hydrogens is 400 g/mol. The van der Waals surface area contributed by atoms with Crippen LogP contribution in [0.25, 0.3) is 16.3 Å². The zero-order valence-corrected chi connectivity index (χ0v) is 18.4. The number of ether oxygens (including phenoxy) is 1. The molecule has 1 unspecified atom stereocenters. The summed E-state index contributed by atoms with van der Waals surface area (Å²) in [5, 5.41) is 5.65. The number of methoxy groups -OCH3 is 1. The molecule has 3 aromatic carbocycles. The molecule has 0 radical (unpaired) electrons. The number of fused-ring (bicyclic) bond motifs is 1. The normalized spacial score (nSPS) is 17.2. The van der Waals surface area contributed by atoms with Crippen molar-refractivity contribution in [2.75, 3.05) is 25.5 Å². The van der Waals surface area contributed by atoms with E-state index in [0.29, 0.717) is 36.6 Å². The summed E-state index contributed by atoms with van der Waals surface area (Å²) in [7, 11) is 1.66. The monoisotopic (exact) mass is 426 g/mol. The molecule has 0 fully saturated rings. The van der Waals surface area contributed by atoms with Gasteiger partial charge in [0.15, 0.2) is 0 Å². The van der Waals surface area contributed by atoms with Gasteiger partial charge in [0, 0.05) is 29.8 Å². The van der Waals surface area contributed by atoms with Gasteiger partial charge in [0.25, 0.3) is 11.8 Å². The number of benzene rings is 3. The summed E-state index contributed by atoms with van der Waals surface area (Å²) < 4.78 is 5.54. The third-order valence-electron chi connectivity index (χ3n) is 6.47. The Labute approximate surface area is 187 Å². The van der Waals surface area contributed by atoms with Crippen molar-refractivity contribution in [2.45, 2.75) is 25.7 Å². The van der Waals surface area contributed by atoms with Crippen molar-refractivity contribution in [3.63, 3.8) is 0 Å². The molecule has 0 saturated heterocycles. The number of hydrogen-bond donors (Lipinski definition) is 1. The lowest BCUT2D eigenvalue weighted by Crippen LogP contribution is -2.43. The highest BCUT2D eigenvalue weighted by Gasteiger charge is 2.37. The third kappa shape index (κ3) is 3.34.